The lowest BCUT2D eigenvalue weighted by Gasteiger charge is -2.32. The molecular formula is C27H33NO3. The first-order chi connectivity index (χ1) is 14.6. The molecule has 0 atom stereocenters. The van der Waals surface area contributed by atoms with E-state index in [1.807, 2.05) is 45.1 Å². The number of aromatic hydroxyl groups is 1. The molecule has 1 aromatic rings. The fourth-order valence-electron chi connectivity index (χ4n) is 3.50. The normalized spacial score (nSPS) is 17.6. The molecule has 0 radical (unpaired) electrons. The molecule has 0 bridgehead atoms. The first-order valence-corrected chi connectivity index (χ1v) is 10.6. The summed E-state index contributed by atoms with van der Waals surface area (Å²) in [5.74, 6) is 0.409. The number of nitrogens with one attached hydrogen (secondary N) is 1. The summed E-state index contributed by atoms with van der Waals surface area (Å²) in [5.41, 5.74) is 4.71. The van der Waals surface area contributed by atoms with Gasteiger partial charge in [-0.2, -0.15) is 0 Å². The summed E-state index contributed by atoms with van der Waals surface area (Å²) in [7, 11) is 0. The van der Waals surface area contributed by atoms with Crippen LogP contribution < -0.4 is 5.32 Å². The molecule has 0 fully saturated rings. The lowest BCUT2D eigenvalue weighted by Crippen LogP contribution is -2.24. The SMILES string of the molecule is CC1=C(/C=C/C(C)=C/C=C/C(C)=C/C(=O)CNc2ccc(O)cc2)C(C)(C)CCC1=O. The molecule has 31 heavy (non-hydrogen) atoms. The van der Waals surface area contributed by atoms with Gasteiger partial charge in [-0.3, -0.25) is 9.59 Å². The number of allylic oxidation sites excluding steroid dienone is 9. The van der Waals surface area contributed by atoms with E-state index in [-0.39, 0.29) is 29.3 Å². The third kappa shape index (κ3) is 7.56. The van der Waals surface area contributed by atoms with E-state index in [4.69, 9.17) is 0 Å². The van der Waals surface area contributed by atoms with Crippen LogP contribution in [-0.4, -0.2) is 23.2 Å². The van der Waals surface area contributed by atoms with Gasteiger partial charge in [0, 0.05) is 12.1 Å². The molecule has 0 amide bonds. The van der Waals surface area contributed by atoms with E-state index in [9.17, 15) is 14.7 Å². The summed E-state index contributed by atoms with van der Waals surface area (Å²) in [5, 5.41) is 12.3. The predicted octanol–water partition coefficient (Wildman–Crippen LogP) is 6.08. The Bertz CT molecular complexity index is 970. The molecule has 0 saturated carbocycles. The Morgan fingerprint density at radius 3 is 2.48 bits per heavy atom. The molecule has 1 aliphatic rings. The van der Waals surface area contributed by atoms with E-state index < -0.39 is 0 Å². The third-order valence-electron chi connectivity index (χ3n) is 5.48. The van der Waals surface area contributed by atoms with Crippen molar-refractivity contribution in [1.29, 1.82) is 0 Å². The number of carbonyl (C=O) groups is 2. The zero-order valence-corrected chi connectivity index (χ0v) is 19.2. The highest BCUT2D eigenvalue weighted by atomic mass is 16.3. The number of rotatable bonds is 8. The number of carbonyl (C=O) groups excluding carboxylic acids is 2. The predicted molar refractivity (Wildman–Crippen MR) is 128 cm³/mol. The van der Waals surface area contributed by atoms with E-state index in [0.29, 0.717) is 6.42 Å². The Morgan fingerprint density at radius 1 is 1.13 bits per heavy atom. The Hall–Kier alpha value is -3.14. The van der Waals surface area contributed by atoms with E-state index in [2.05, 4.69) is 25.2 Å². The molecule has 2 N–H and O–H groups in total. The van der Waals surface area contributed by atoms with Gasteiger partial charge >= 0.3 is 0 Å². The maximum absolute atomic E-state index is 12.1. The lowest BCUT2D eigenvalue weighted by molar-refractivity contribution is -0.116. The Labute approximate surface area is 185 Å². The largest absolute Gasteiger partial charge is 0.508 e. The zero-order valence-electron chi connectivity index (χ0n) is 19.2. The number of hydrogen-bond acceptors (Lipinski definition) is 4. The van der Waals surface area contributed by atoms with Crippen LogP contribution in [0.2, 0.25) is 0 Å². The highest BCUT2D eigenvalue weighted by molar-refractivity contribution is 5.97. The van der Waals surface area contributed by atoms with E-state index in [0.717, 1.165) is 34.4 Å². The maximum atomic E-state index is 12.1. The van der Waals surface area contributed by atoms with Crippen LogP contribution in [0.3, 0.4) is 0 Å². The van der Waals surface area contributed by atoms with Crippen molar-refractivity contribution < 1.29 is 14.7 Å². The fourth-order valence-corrected chi connectivity index (χ4v) is 3.50. The maximum Gasteiger partial charge on any atom is 0.174 e. The molecule has 4 heteroatoms. The molecule has 1 aromatic carbocycles. The van der Waals surface area contributed by atoms with Gasteiger partial charge in [-0.05, 0) is 79.7 Å². The zero-order chi connectivity index (χ0) is 23.0. The molecule has 0 aliphatic heterocycles. The standard InChI is InChI=1S/C27H33NO3/c1-19(9-14-25-21(3)26(31)15-16-27(25,4)5)7-6-8-20(2)17-24(30)18-28-22-10-12-23(29)13-11-22/h6-14,17,28-29H,15-16,18H2,1-5H3/b8-6+,14-9+,19-7+,20-17+. The number of anilines is 1. The van der Waals surface area contributed by atoms with Gasteiger partial charge in [0.25, 0.3) is 0 Å². The topological polar surface area (TPSA) is 66.4 Å². The van der Waals surface area contributed by atoms with Gasteiger partial charge in [0.05, 0.1) is 6.54 Å². The minimum Gasteiger partial charge on any atom is -0.508 e. The number of hydrogen-bond donors (Lipinski definition) is 2. The van der Waals surface area contributed by atoms with Crippen LogP contribution in [0, 0.1) is 5.41 Å². The number of phenols is 1. The van der Waals surface area contributed by atoms with Crippen LogP contribution in [0.4, 0.5) is 5.69 Å². The van der Waals surface area contributed by atoms with Gasteiger partial charge in [0.2, 0.25) is 0 Å². The van der Waals surface area contributed by atoms with Gasteiger partial charge < -0.3 is 10.4 Å². The van der Waals surface area contributed by atoms with Crippen LogP contribution in [0.15, 0.2) is 83.0 Å². The molecule has 0 heterocycles. The number of phenolic OH excluding ortho intramolecular Hbond substituents is 1. The van der Waals surface area contributed by atoms with Crippen molar-refractivity contribution in [3.8, 4) is 5.75 Å². The van der Waals surface area contributed by atoms with Gasteiger partial charge in [0.1, 0.15) is 5.75 Å². The van der Waals surface area contributed by atoms with Crippen molar-refractivity contribution in [1.82, 2.24) is 0 Å². The summed E-state index contributed by atoms with van der Waals surface area (Å²) < 4.78 is 0. The Balaban J connectivity index is 1.93. The van der Waals surface area contributed by atoms with Crippen LogP contribution in [0.1, 0.15) is 47.5 Å². The Kier molecular flexibility index (Phi) is 8.38. The van der Waals surface area contributed by atoms with Gasteiger partial charge in [-0.15, -0.1) is 0 Å². The third-order valence-corrected chi connectivity index (χ3v) is 5.48. The van der Waals surface area contributed by atoms with E-state index >= 15 is 0 Å². The molecule has 0 unspecified atom stereocenters. The highest BCUT2D eigenvalue weighted by Crippen LogP contribution is 2.39. The quantitative estimate of drug-likeness (QED) is 0.304. The fraction of sp³-hybridized carbons (Fsp3) is 0.333. The second kappa shape index (κ2) is 10.8. The van der Waals surface area contributed by atoms with Crippen LogP contribution in [-0.2, 0) is 9.59 Å². The molecule has 0 saturated heterocycles. The molecule has 0 aromatic heterocycles. The second-order valence-electron chi connectivity index (χ2n) is 8.70. The van der Waals surface area contributed by atoms with Crippen molar-refractivity contribution in [3.05, 3.63) is 83.0 Å². The van der Waals surface area contributed by atoms with Gasteiger partial charge in [-0.25, -0.2) is 0 Å². The minimum atomic E-state index is -0.0255. The molecule has 2 rings (SSSR count). The average molecular weight is 420 g/mol. The summed E-state index contributed by atoms with van der Waals surface area (Å²) in [6.45, 7) is 10.4. The van der Waals surface area contributed by atoms with Crippen molar-refractivity contribution in [3.63, 3.8) is 0 Å². The molecule has 164 valence electrons. The smallest absolute Gasteiger partial charge is 0.174 e. The van der Waals surface area contributed by atoms with Crippen molar-refractivity contribution in [2.75, 3.05) is 11.9 Å². The molecule has 0 spiro atoms. The average Bonchev–Trinajstić information content (AvgIpc) is 2.70. The van der Waals surface area contributed by atoms with Gasteiger partial charge in [-0.1, -0.05) is 49.8 Å². The van der Waals surface area contributed by atoms with Crippen LogP contribution >= 0.6 is 0 Å². The lowest BCUT2D eigenvalue weighted by atomic mass is 9.72. The summed E-state index contributed by atoms with van der Waals surface area (Å²) in [6, 6.07) is 6.60. The minimum absolute atomic E-state index is 0.0124. The monoisotopic (exact) mass is 419 g/mol. The van der Waals surface area contributed by atoms with Crippen molar-refractivity contribution >= 4 is 17.3 Å². The van der Waals surface area contributed by atoms with Crippen molar-refractivity contribution in [2.45, 2.75) is 47.5 Å². The van der Waals surface area contributed by atoms with Crippen LogP contribution in [0.25, 0.3) is 0 Å². The second-order valence-corrected chi connectivity index (χ2v) is 8.70. The Morgan fingerprint density at radius 2 is 1.81 bits per heavy atom. The van der Waals surface area contributed by atoms with Crippen LogP contribution in [0.5, 0.6) is 5.75 Å². The number of ketones is 2. The molecule has 1 aliphatic carbocycles. The first kappa shape index (κ1) is 24.1. The number of Topliss-reactive ketones (excluding diaryl/α,β-unsaturated/α-hetero) is 1. The van der Waals surface area contributed by atoms with Gasteiger partial charge in [0.15, 0.2) is 11.6 Å². The van der Waals surface area contributed by atoms with E-state index in [1.165, 1.54) is 0 Å². The molecule has 4 nitrogen and oxygen atoms in total. The molecular weight excluding hydrogens is 386 g/mol. The highest BCUT2D eigenvalue weighted by Gasteiger charge is 2.30. The summed E-state index contributed by atoms with van der Waals surface area (Å²) in [6.07, 6.45) is 13.0. The number of benzene rings is 1. The first-order valence-electron chi connectivity index (χ1n) is 10.6. The van der Waals surface area contributed by atoms with Crippen molar-refractivity contribution in [2.24, 2.45) is 5.41 Å². The van der Waals surface area contributed by atoms with E-state index in [1.54, 1.807) is 30.3 Å². The summed E-state index contributed by atoms with van der Waals surface area (Å²) >= 11 is 0. The summed E-state index contributed by atoms with van der Waals surface area (Å²) in [4.78, 5) is 24.2.